The zero-order valence-electron chi connectivity index (χ0n) is 16.8. The topological polar surface area (TPSA) is 17.1 Å². The summed E-state index contributed by atoms with van der Waals surface area (Å²) in [6.07, 6.45) is 22.4. The summed E-state index contributed by atoms with van der Waals surface area (Å²) < 4.78 is 0.462. The fourth-order valence-electron chi connectivity index (χ4n) is 2.68. The molecule has 0 aromatic carbocycles. The van der Waals surface area contributed by atoms with Crippen LogP contribution in [-0.4, -0.2) is 31.5 Å². The Bertz CT molecular complexity index is 307. The van der Waals surface area contributed by atoms with Crippen LogP contribution in [0.25, 0.3) is 0 Å². The SMILES string of the molecule is CCCCCCCC/C=C\CCCCCCCC(=O)[N+](C)(C)C.[Cl-]. The van der Waals surface area contributed by atoms with Crippen LogP contribution in [0.4, 0.5) is 0 Å². The lowest BCUT2D eigenvalue weighted by atomic mass is 10.1. The van der Waals surface area contributed by atoms with Gasteiger partial charge in [-0.25, -0.2) is 4.79 Å². The van der Waals surface area contributed by atoms with E-state index >= 15 is 0 Å². The zero-order valence-corrected chi connectivity index (χ0v) is 17.5. The molecule has 0 fully saturated rings. The van der Waals surface area contributed by atoms with Crippen molar-refractivity contribution in [2.45, 2.75) is 96.8 Å². The molecule has 0 aliphatic carbocycles. The average Bonchev–Trinajstić information content (AvgIpc) is 2.50. The summed E-state index contributed by atoms with van der Waals surface area (Å²) in [4.78, 5) is 11.8. The minimum absolute atomic E-state index is 0. The van der Waals surface area contributed by atoms with E-state index in [2.05, 4.69) is 19.1 Å². The molecule has 0 rings (SSSR count). The zero-order chi connectivity index (χ0) is 17.4. The first-order valence-electron chi connectivity index (χ1n) is 9.98. The fourth-order valence-corrected chi connectivity index (χ4v) is 2.68. The third-order valence-electron chi connectivity index (χ3n) is 4.40. The number of halogens is 1. The third kappa shape index (κ3) is 18.0. The summed E-state index contributed by atoms with van der Waals surface area (Å²) in [6.45, 7) is 2.27. The van der Waals surface area contributed by atoms with Crippen LogP contribution in [0.3, 0.4) is 0 Å². The molecule has 0 saturated carbocycles. The molecule has 0 N–H and O–H groups in total. The molecule has 0 aliphatic heterocycles. The largest absolute Gasteiger partial charge is 1.00 e. The number of nitrogens with zero attached hydrogens (tertiary/aromatic N) is 1. The van der Waals surface area contributed by atoms with Gasteiger partial charge in [-0.1, -0.05) is 70.4 Å². The molecule has 24 heavy (non-hydrogen) atoms. The van der Waals surface area contributed by atoms with Crippen molar-refractivity contribution in [1.82, 2.24) is 0 Å². The predicted octanol–water partition coefficient (Wildman–Crippen LogP) is 3.26. The van der Waals surface area contributed by atoms with Gasteiger partial charge in [0.25, 0.3) is 0 Å². The van der Waals surface area contributed by atoms with E-state index in [1.807, 2.05) is 21.1 Å². The van der Waals surface area contributed by atoms with Gasteiger partial charge >= 0.3 is 5.91 Å². The number of carbonyl (C=O) groups is 1. The van der Waals surface area contributed by atoms with Crippen molar-refractivity contribution in [2.24, 2.45) is 0 Å². The lowest BCUT2D eigenvalue weighted by Crippen LogP contribution is -3.00. The van der Waals surface area contributed by atoms with Gasteiger partial charge in [-0.15, -0.1) is 0 Å². The first-order valence-corrected chi connectivity index (χ1v) is 9.98. The van der Waals surface area contributed by atoms with Crippen molar-refractivity contribution in [3.8, 4) is 0 Å². The van der Waals surface area contributed by atoms with Gasteiger partial charge in [0.1, 0.15) is 0 Å². The van der Waals surface area contributed by atoms with Crippen molar-refractivity contribution in [1.29, 1.82) is 0 Å². The van der Waals surface area contributed by atoms with Gasteiger partial charge in [0.2, 0.25) is 0 Å². The number of amides is 1. The molecule has 2 nitrogen and oxygen atoms in total. The maximum absolute atomic E-state index is 11.8. The minimum Gasteiger partial charge on any atom is -1.00 e. The van der Waals surface area contributed by atoms with E-state index in [9.17, 15) is 4.79 Å². The summed E-state index contributed by atoms with van der Waals surface area (Å²) in [6, 6.07) is 0. The second-order valence-corrected chi connectivity index (χ2v) is 7.74. The standard InChI is InChI=1S/C21H42NO.ClH/c1-5-6-7-8-9-10-11-12-13-14-15-16-17-18-19-20-21(23)22(2,3)4;/h12-13H,5-11,14-20H2,1-4H3;1H/q+1;/p-1/b13-12-;. The fraction of sp³-hybridized carbons (Fsp3) is 0.857. The monoisotopic (exact) mass is 359 g/mol. The summed E-state index contributed by atoms with van der Waals surface area (Å²) >= 11 is 0. The van der Waals surface area contributed by atoms with Crippen LogP contribution in [0.1, 0.15) is 96.8 Å². The Labute approximate surface area is 158 Å². The molecule has 3 heteroatoms. The molecule has 0 aromatic heterocycles. The van der Waals surface area contributed by atoms with Crippen molar-refractivity contribution >= 4 is 5.91 Å². The number of allylic oxidation sites excluding steroid dienone is 2. The van der Waals surface area contributed by atoms with Crippen LogP contribution in [0.15, 0.2) is 12.2 Å². The van der Waals surface area contributed by atoms with E-state index in [0.29, 0.717) is 10.4 Å². The van der Waals surface area contributed by atoms with Gasteiger partial charge in [-0.3, -0.25) is 4.48 Å². The Kier molecular flexibility index (Phi) is 18.9. The first-order chi connectivity index (χ1) is 11.0. The van der Waals surface area contributed by atoms with Gasteiger partial charge in [-0.2, -0.15) is 0 Å². The summed E-state index contributed by atoms with van der Waals surface area (Å²) in [7, 11) is 5.87. The molecule has 0 aliphatic rings. The molecule has 0 saturated heterocycles. The van der Waals surface area contributed by atoms with Gasteiger partial charge in [-0.05, 0) is 32.1 Å². The van der Waals surface area contributed by atoms with Crippen LogP contribution in [-0.2, 0) is 4.79 Å². The second kappa shape index (κ2) is 17.5. The Hall–Kier alpha value is -0.340. The Balaban J connectivity index is 0. The molecule has 144 valence electrons. The Morgan fingerprint density at radius 2 is 1.12 bits per heavy atom. The summed E-state index contributed by atoms with van der Waals surface area (Å²) in [5.74, 6) is 0.350. The molecule has 0 heterocycles. The van der Waals surface area contributed by atoms with E-state index < -0.39 is 0 Å². The number of rotatable bonds is 15. The highest BCUT2D eigenvalue weighted by molar-refractivity contribution is 5.68. The lowest BCUT2D eigenvalue weighted by Gasteiger charge is -2.20. The first kappa shape index (κ1) is 25.9. The van der Waals surface area contributed by atoms with Gasteiger partial charge < -0.3 is 12.4 Å². The van der Waals surface area contributed by atoms with E-state index in [1.54, 1.807) is 0 Å². The Morgan fingerprint density at radius 1 is 0.708 bits per heavy atom. The number of unbranched alkanes of at least 4 members (excludes halogenated alkanes) is 11. The maximum Gasteiger partial charge on any atom is 0.313 e. The van der Waals surface area contributed by atoms with Crippen molar-refractivity contribution in [2.75, 3.05) is 21.1 Å². The number of quaternary nitrogens is 1. The minimum atomic E-state index is 0. The molecule has 0 aromatic rings. The van der Waals surface area contributed by atoms with Crippen LogP contribution >= 0.6 is 0 Å². The normalized spacial score (nSPS) is 11.7. The van der Waals surface area contributed by atoms with E-state index in [4.69, 9.17) is 0 Å². The summed E-state index contributed by atoms with van der Waals surface area (Å²) in [5, 5.41) is 0. The number of carbonyl (C=O) groups excluding carboxylic acids is 1. The van der Waals surface area contributed by atoms with Gasteiger partial charge in [0, 0.05) is 0 Å². The van der Waals surface area contributed by atoms with Crippen molar-refractivity contribution in [3.05, 3.63) is 12.2 Å². The van der Waals surface area contributed by atoms with Crippen LogP contribution < -0.4 is 12.4 Å². The van der Waals surface area contributed by atoms with E-state index in [0.717, 1.165) is 12.8 Å². The predicted molar refractivity (Wildman–Crippen MR) is 102 cm³/mol. The van der Waals surface area contributed by atoms with Crippen molar-refractivity contribution in [3.63, 3.8) is 0 Å². The highest BCUT2D eigenvalue weighted by Crippen LogP contribution is 2.11. The maximum atomic E-state index is 11.8. The van der Waals surface area contributed by atoms with Gasteiger partial charge in [0.15, 0.2) is 0 Å². The molecule has 0 atom stereocenters. The second-order valence-electron chi connectivity index (χ2n) is 7.74. The van der Waals surface area contributed by atoms with Crippen LogP contribution in [0.2, 0.25) is 0 Å². The number of hydrogen-bond acceptors (Lipinski definition) is 1. The molecule has 0 unspecified atom stereocenters. The highest BCUT2D eigenvalue weighted by atomic mass is 35.5. The van der Waals surface area contributed by atoms with Crippen molar-refractivity contribution < 1.29 is 21.7 Å². The average molecular weight is 360 g/mol. The van der Waals surface area contributed by atoms with E-state index in [-0.39, 0.29) is 12.4 Å². The lowest BCUT2D eigenvalue weighted by molar-refractivity contribution is -0.792. The third-order valence-corrected chi connectivity index (χ3v) is 4.40. The molecule has 0 bridgehead atoms. The number of hydrogen-bond donors (Lipinski definition) is 0. The molecule has 1 amide bonds. The molecule has 0 radical (unpaired) electrons. The highest BCUT2D eigenvalue weighted by Gasteiger charge is 2.18. The summed E-state index contributed by atoms with van der Waals surface area (Å²) in [5.41, 5.74) is 0. The van der Waals surface area contributed by atoms with Crippen LogP contribution in [0.5, 0.6) is 0 Å². The van der Waals surface area contributed by atoms with Crippen LogP contribution in [0, 0.1) is 0 Å². The van der Waals surface area contributed by atoms with Gasteiger partial charge in [0.05, 0.1) is 27.6 Å². The van der Waals surface area contributed by atoms with E-state index in [1.165, 1.54) is 77.0 Å². The quantitative estimate of drug-likeness (QED) is 0.249. The molecular weight excluding hydrogens is 318 g/mol. The molecule has 0 spiro atoms. The smallest absolute Gasteiger partial charge is 0.313 e. The Morgan fingerprint density at radius 3 is 1.58 bits per heavy atom. The molecular formula is C21H42ClNO.